The molecule has 0 aliphatic heterocycles. The van der Waals surface area contributed by atoms with E-state index in [2.05, 4.69) is 24.1 Å². The highest BCUT2D eigenvalue weighted by atomic mass is 16.2. The zero-order valence-electron chi connectivity index (χ0n) is 12.8. The third-order valence-corrected chi connectivity index (χ3v) is 3.96. The van der Waals surface area contributed by atoms with Gasteiger partial charge in [-0.3, -0.25) is 4.79 Å². The number of nitrogens with one attached hydrogen (secondary N) is 1. The minimum atomic E-state index is 0.0842. The first kappa shape index (κ1) is 15.6. The minimum Gasteiger partial charge on any atom is -0.395 e. The summed E-state index contributed by atoms with van der Waals surface area (Å²) in [5, 5.41) is 11.8. The van der Waals surface area contributed by atoms with Gasteiger partial charge in [-0.25, -0.2) is 0 Å². The summed E-state index contributed by atoms with van der Waals surface area (Å²) >= 11 is 0. The van der Waals surface area contributed by atoms with Gasteiger partial charge in [0.2, 0.25) is 5.91 Å². The molecule has 0 saturated heterocycles. The van der Waals surface area contributed by atoms with Crippen LogP contribution in [-0.4, -0.2) is 17.6 Å². The van der Waals surface area contributed by atoms with Gasteiger partial charge in [-0.1, -0.05) is 25.7 Å². The SMILES string of the molecule is CCc1cc(C#CCCO)ccc1NC(=O)C(C)C1CC1. The summed E-state index contributed by atoms with van der Waals surface area (Å²) in [5.41, 5.74) is 2.92. The summed E-state index contributed by atoms with van der Waals surface area (Å²) in [6.07, 6.45) is 3.69. The molecule has 0 aromatic heterocycles. The van der Waals surface area contributed by atoms with E-state index in [1.165, 1.54) is 12.8 Å². The van der Waals surface area contributed by atoms with E-state index >= 15 is 0 Å². The monoisotopic (exact) mass is 285 g/mol. The molecule has 1 saturated carbocycles. The molecule has 0 spiro atoms. The van der Waals surface area contributed by atoms with Gasteiger partial charge < -0.3 is 10.4 Å². The molecule has 0 heterocycles. The highest BCUT2D eigenvalue weighted by Gasteiger charge is 2.32. The quantitative estimate of drug-likeness (QED) is 0.817. The molecule has 112 valence electrons. The molecule has 1 aromatic rings. The molecule has 3 heteroatoms. The Morgan fingerprint density at radius 3 is 2.86 bits per heavy atom. The van der Waals surface area contributed by atoms with Crippen LogP contribution in [0.25, 0.3) is 0 Å². The van der Waals surface area contributed by atoms with Gasteiger partial charge in [0.05, 0.1) is 6.61 Å². The molecule has 2 N–H and O–H groups in total. The van der Waals surface area contributed by atoms with Crippen LogP contribution in [0.5, 0.6) is 0 Å². The van der Waals surface area contributed by atoms with Crippen molar-refractivity contribution in [3.63, 3.8) is 0 Å². The van der Waals surface area contributed by atoms with Crippen LogP contribution in [-0.2, 0) is 11.2 Å². The average Bonchev–Trinajstić information content (AvgIpc) is 3.32. The van der Waals surface area contributed by atoms with Crippen molar-refractivity contribution < 1.29 is 9.90 Å². The lowest BCUT2D eigenvalue weighted by Crippen LogP contribution is -2.22. The molecule has 1 unspecified atom stereocenters. The summed E-state index contributed by atoms with van der Waals surface area (Å²) in [5.74, 6) is 6.73. The topological polar surface area (TPSA) is 49.3 Å². The lowest BCUT2D eigenvalue weighted by atomic mass is 10.0. The Balaban J connectivity index is 2.09. The fourth-order valence-corrected chi connectivity index (χ4v) is 2.36. The van der Waals surface area contributed by atoms with Crippen molar-refractivity contribution in [3.05, 3.63) is 29.3 Å². The molecule has 1 atom stereocenters. The number of amides is 1. The van der Waals surface area contributed by atoms with E-state index in [-0.39, 0.29) is 18.4 Å². The van der Waals surface area contributed by atoms with Crippen LogP contribution in [0.4, 0.5) is 5.69 Å². The fourth-order valence-electron chi connectivity index (χ4n) is 2.36. The van der Waals surface area contributed by atoms with Crippen molar-refractivity contribution in [2.24, 2.45) is 11.8 Å². The molecule has 1 aliphatic rings. The zero-order valence-corrected chi connectivity index (χ0v) is 12.8. The molecule has 1 amide bonds. The number of carbonyl (C=O) groups excluding carboxylic acids is 1. The predicted molar refractivity (Wildman–Crippen MR) is 84.9 cm³/mol. The van der Waals surface area contributed by atoms with Gasteiger partial charge in [-0.15, -0.1) is 0 Å². The smallest absolute Gasteiger partial charge is 0.227 e. The van der Waals surface area contributed by atoms with Gasteiger partial charge in [-0.2, -0.15) is 0 Å². The Kier molecular flexibility index (Phi) is 5.41. The van der Waals surface area contributed by atoms with Crippen molar-refractivity contribution in [3.8, 4) is 11.8 Å². The second-order valence-corrected chi connectivity index (χ2v) is 5.62. The molecule has 21 heavy (non-hydrogen) atoms. The number of rotatable bonds is 5. The van der Waals surface area contributed by atoms with E-state index in [0.29, 0.717) is 12.3 Å². The van der Waals surface area contributed by atoms with Crippen LogP contribution >= 0.6 is 0 Å². The maximum atomic E-state index is 12.2. The van der Waals surface area contributed by atoms with E-state index in [4.69, 9.17) is 5.11 Å². The van der Waals surface area contributed by atoms with Gasteiger partial charge in [0, 0.05) is 23.6 Å². The molecule has 1 aliphatic carbocycles. The molecular weight excluding hydrogens is 262 g/mol. The van der Waals surface area contributed by atoms with E-state index in [0.717, 1.165) is 23.2 Å². The van der Waals surface area contributed by atoms with Crippen molar-refractivity contribution in [2.75, 3.05) is 11.9 Å². The Morgan fingerprint density at radius 2 is 2.24 bits per heavy atom. The minimum absolute atomic E-state index is 0.0842. The number of aryl methyl sites for hydroxylation is 1. The molecule has 0 radical (unpaired) electrons. The Hall–Kier alpha value is -1.79. The number of benzene rings is 1. The van der Waals surface area contributed by atoms with Crippen molar-refractivity contribution in [1.29, 1.82) is 0 Å². The lowest BCUT2D eigenvalue weighted by molar-refractivity contribution is -0.119. The van der Waals surface area contributed by atoms with E-state index in [9.17, 15) is 4.79 Å². The lowest BCUT2D eigenvalue weighted by Gasteiger charge is -2.14. The summed E-state index contributed by atoms with van der Waals surface area (Å²) in [6.45, 7) is 4.16. The van der Waals surface area contributed by atoms with Gasteiger partial charge in [0.15, 0.2) is 0 Å². The molecular formula is C18H23NO2. The fraction of sp³-hybridized carbons (Fsp3) is 0.500. The summed E-state index contributed by atoms with van der Waals surface area (Å²) < 4.78 is 0. The first-order valence-corrected chi connectivity index (χ1v) is 7.69. The molecule has 3 nitrogen and oxygen atoms in total. The maximum Gasteiger partial charge on any atom is 0.227 e. The zero-order chi connectivity index (χ0) is 15.2. The normalized spacial score (nSPS) is 15.0. The van der Waals surface area contributed by atoms with Gasteiger partial charge >= 0.3 is 0 Å². The third kappa shape index (κ3) is 4.34. The van der Waals surface area contributed by atoms with Crippen LogP contribution in [0.1, 0.15) is 44.2 Å². The van der Waals surface area contributed by atoms with Crippen molar-refractivity contribution in [1.82, 2.24) is 0 Å². The largest absolute Gasteiger partial charge is 0.395 e. The standard InChI is InChI=1S/C18H23NO2/c1-3-15-12-14(6-4-5-11-20)7-10-17(15)19-18(21)13(2)16-8-9-16/h7,10,12-13,16,20H,3,5,8-9,11H2,1-2H3,(H,19,21). The molecule has 1 fully saturated rings. The number of hydrogen-bond acceptors (Lipinski definition) is 2. The van der Waals surface area contributed by atoms with E-state index in [1.54, 1.807) is 0 Å². The van der Waals surface area contributed by atoms with Crippen LogP contribution in [0.3, 0.4) is 0 Å². The average molecular weight is 285 g/mol. The van der Waals surface area contributed by atoms with Gasteiger partial charge in [0.1, 0.15) is 0 Å². The first-order chi connectivity index (χ1) is 10.2. The second-order valence-electron chi connectivity index (χ2n) is 5.62. The van der Waals surface area contributed by atoms with E-state index in [1.807, 2.05) is 25.1 Å². The van der Waals surface area contributed by atoms with E-state index < -0.39 is 0 Å². The summed E-state index contributed by atoms with van der Waals surface area (Å²) in [6, 6.07) is 5.86. The highest BCUT2D eigenvalue weighted by Crippen LogP contribution is 2.37. The maximum absolute atomic E-state index is 12.2. The first-order valence-electron chi connectivity index (χ1n) is 7.69. The Bertz CT molecular complexity index is 564. The van der Waals surface area contributed by atoms with Crippen molar-refractivity contribution >= 4 is 11.6 Å². The Morgan fingerprint density at radius 1 is 1.48 bits per heavy atom. The number of carbonyl (C=O) groups is 1. The second kappa shape index (κ2) is 7.28. The van der Waals surface area contributed by atoms with Crippen LogP contribution in [0, 0.1) is 23.7 Å². The number of hydrogen-bond donors (Lipinski definition) is 2. The highest BCUT2D eigenvalue weighted by molar-refractivity contribution is 5.93. The number of anilines is 1. The molecule has 1 aromatic carbocycles. The van der Waals surface area contributed by atoms with Gasteiger partial charge in [0.25, 0.3) is 0 Å². The number of aliphatic hydroxyl groups is 1. The summed E-state index contributed by atoms with van der Waals surface area (Å²) in [4.78, 5) is 12.2. The van der Waals surface area contributed by atoms with Crippen molar-refractivity contribution in [2.45, 2.75) is 39.5 Å². The van der Waals surface area contributed by atoms with Crippen LogP contribution < -0.4 is 5.32 Å². The van der Waals surface area contributed by atoms with Crippen LogP contribution in [0.15, 0.2) is 18.2 Å². The van der Waals surface area contributed by atoms with Gasteiger partial charge in [-0.05, 0) is 48.9 Å². The number of aliphatic hydroxyl groups excluding tert-OH is 1. The molecule has 2 rings (SSSR count). The predicted octanol–water partition coefficient (Wildman–Crippen LogP) is 2.97. The Labute approximate surface area is 126 Å². The molecule has 0 bridgehead atoms. The summed E-state index contributed by atoms with van der Waals surface area (Å²) in [7, 11) is 0. The third-order valence-electron chi connectivity index (χ3n) is 3.96. The van der Waals surface area contributed by atoms with Crippen LogP contribution in [0.2, 0.25) is 0 Å².